The number of nitrogens with zero attached hydrogens (tertiary/aromatic N) is 1. The van der Waals surface area contributed by atoms with Crippen LogP contribution in [0.25, 0.3) is 0 Å². The van der Waals surface area contributed by atoms with Crippen molar-refractivity contribution in [3.05, 3.63) is 24.0 Å². The van der Waals surface area contributed by atoms with E-state index in [0.29, 0.717) is 11.3 Å². The molecule has 0 heterocycles. The number of hydrogen-bond acceptors (Lipinski definition) is 2. The molecule has 11 heavy (non-hydrogen) atoms. The number of hydrogen-bond donors (Lipinski definition) is 0. The van der Waals surface area contributed by atoms with Crippen molar-refractivity contribution in [2.45, 2.75) is 26.9 Å². The topological polar surface area (TPSA) is 33.0 Å². The fourth-order valence-corrected chi connectivity index (χ4v) is 0.622. The van der Waals surface area contributed by atoms with Crippen molar-refractivity contribution in [2.24, 2.45) is 0 Å². The molecule has 0 aromatic carbocycles. The zero-order chi connectivity index (χ0) is 8.85. The molecule has 0 fully saturated rings. The maximum atomic E-state index is 8.48. The second-order valence-electron chi connectivity index (χ2n) is 2.41. The van der Waals surface area contributed by atoms with Crippen molar-refractivity contribution in [3.63, 3.8) is 0 Å². The van der Waals surface area contributed by atoms with Gasteiger partial charge >= 0.3 is 0 Å². The summed E-state index contributed by atoms with van der Waals surface area (Å²) in [5.74, 6) is 0.572. The van der Waals surface area contributed by atoms with Gasteiger partial charge in [0, 0.05) is 0 Å². The first-order valence-electron chi connectivity index (χ1n) is 3.54. The Morgan fingerprint density at radius 2 is 2.18 bits per heavy atom. The molecule has 0 atom stereocenters. The lowest BCUT2D eigenvalue weighted by Crippen LogP contribution is -2.02. The Hall–Kier alpha value is -1.23. The van der Waals surface area contributed by atoms with E-state index in [0.717, 1.165) is 0 Å². The smallest absolute Gasteiger partial charge is 0.132 e. The Bertz CT molecular complexity index is 208. The molecule has 0 aliphatic heterocycles. The van der Waals surface area contributed by atoms with E-state index in [-0.39, 0.29) is 6.10 Å². The van der Waals surface area contributed by atoms with Crippen LogP contribution >= 0.6 is 0 Å². The molecule has 0 spiro atoms. The maximum Gasteiger partial charge on any atom is 0.132 e. The highest BCUT2D eigenvalue weighted by molar-refractivity contribution is 5.34. The van der Waals surface area contributed by atoms with Crippen LogP contribution in [0.1, 0.15) is 20.8 Å². The van der Waals surface area contributed by atoms with Gasteiger partial charge in [-0.3, -0.25) is 0 Å². The van der Waals surface area contributed by atoms with Crippen molar-refractivity contribution >= 4 is 0 Å². The largest absolute Gasteiger partial charge is 0.490 e. The Kier molecular flexibility index (Phi) is 4.05. The van der Waals surface area contributed by atoms with Gasteiger partial charge in [0.1, 0.15) is 11.8 Å². The van der Waals surface area contributed by atoms with Crippen LogP contribution in [0.4, 0.5) is 0 Å². The number of nitriles is 1. The average Bonchev–Trinajstić information content (AvgIpc) is 1.98. The van der Waals surface area contributed by atoms with Gasteiger partial charge in [-0.15, -0.1) is 0 Å². The summed E-state index contributed by atoms with van der Waals surface area (Å²) in [7, 11) is 0. The summed E-state index contributed by atoms with van der Waals surface area (Å²) >= 11 is 0. The van der Waals surface area contributed by atoms with E-state index in [1.807, 2.05) is 26.8 Å². The molecule has 0 amide bonds. The van der Waals surface area contributed by atoms with Crippen LogP contribution < -0.4 is 0 Å². The molecule has 0 unspecified atom stereocenters. The molecule has 0 aliphatic carbocycles. The summed E-state index contributed by atoms with van der Waals surface area (Å²) in [6.07, 6.45) is 1.83. The molecule has 0 rings (SSSR count). The van der Waals surface area contributed by atoms with E-state index in [4.69, 9.17) is 10.00 Å². The minimum atomic E-state index is 0.0892. The summed E-state index contributed by atoms with van der Waals surface area (Å²) in [5.41, 5.74) is 0.376. The van der Waals surface area contributed by atoms with Crippen LogP contribution in [-0.2, 0) is 4.74 Å². The van der Waals surface area contributed by atoms with E-state index in [1.54, 1.807) is 6.08 Å². The minimum absolute atomic E-state index is 0.0892. The summed E-state index contributed by atoms with van der Waals surface area (Å²) in [6, 6.07) is 1.93. The SMILES string of the molecule is C=C(C#N)/C(=C\C)OC(C)C. The third-order valence-corrected chi connectivity index (χ3v) is 1.06. The average molecular weight is 151 g/mol. The molecule has 0 aliphatic rings. The van der Waals surface area contributed by atoms with Crippen LogP contribution in [0.3, 0.4) is 0 Å². The van der Waals surface area contributed by atoms with Crippen molar-refractivity contribution in [3.8, 4) is 6.07 Å². The Labute approximate surface area is 67.8 Å². The third-order valence-electron chi connectivity index (χ3n) is 1.06. The van der Waals surface area contributed by atoms with Crippen molar-refractivity contribution in [1.82, 2.24) is 0 Å². The van der Waals surface area contributed by atoms with Crippen molar-refractivity contribution < 1.29 is 4.74 Å². The lowest BCUT2D eigenvalue weighted by Gasteiger charge is -2.11. The van der Waals surface area contributed by atoms with Crippen molar-refractivity contribution in [1.29, 1.82) is 5.26 Å². The molecule has 0 saturated carbocycles. The van der Waals surface area contributed by atoms with Gasteiger partial charge in [-0.25, -0.2) is 0 Å². The van der Waals surface area contributed by atoms with Gasteiger partial charge in [0.05, 0.1) is 11.7 Å². The van der Waals surface area contributed by atoms with E-state index in [1.165, 1.54) is 0 Å². The number of ether oxygens (including phenoxy) is 1. The molecule has 0 saturated heterocycles. The van der Waals surface area contributed by atoms with Crippen LogP contribution in [0.2, 0.25) is 0 Å². The highest BCUT2D eigenvalue weighted by Crippen LogP contribution is 2.10. The maximum absolute atomic E-state index is 8.48. The van der Waals surface area contributed by atoms with Gasteiger partial charge in [-0.2, -0.15) is 5.26 Å². The monoisotopic (exact) mass is 151 g/mol. The van der Waals surface area contributed by atoms with Gasteiger partial charge in [0.25, 0.3) is 0 Å². The van der Waals surface area contributed by atoms with Crippen molar-refractivity contribution in [2.75, 3.05) is 0 Å². The second-order valence-corrected chi connectivity index (χ2v) is 2.41. The van der Waals surface area contributed by atoms with Gasteiger partial charge in [-0.1, -0.05) is 6.58 Å². The highest BCUT2D eigenvalue weighted by atomic mass is 16.5. The lowest BCUT2D eigenvalue weighted by atomic mass is 10.2. The Morgan fingerprint density at radius 3 is 2.45 bits per heavy atom. The normalized spacial score (nSPS) is 11.0. The molecule has 0 aromatic heterocycles. The Morgan fingerprint density at radius 1 is 1.64 bits per heavy atom. The fourth-order valence-electron chi connectivity index (χ4n) is 0.622. The predicted molar refractivity (Wildman–Crippen MR) is 44.7 cm³/mol. The van der Waals surface area contributed by atoms with Gasteiger partial charge < -0.3 is 4.74 Å². The molecule has 0 aromatic rings. The molecule has 2 heteroatoms. The molecular weight excluding hydrogens is 138 g/mol. The van der Waals surface area contributed by atoms with E-state index in [2.05, 4.69) is 6.58 Å². The molecule has 0 N–H and O–H groups in total. The standard InChI is InChI=1S/C9H13NO/c1-5-9(8(4)6-10)11-7(2)3/h5,7H,4H2,1-3H3/b9-5+. The van der Waals surface area contributed by atoms with E-state index in [9.17, 15) is 0 Å². The molecular formula is C9H13NO. The molecule has 60 valence electrons. The highest BCUT2D eigenvalue weighted by Gasteiger charge is 2.03. The zero-order valence-corrected chi connectivity index (χ0v) is 7.22. The zero-order valence-electron chi connectivity index (χ0n) is 7.22. The number of allylic oxidation sites excluding steroid dienone is 2. The first-order chi connectivity index (χ1) is 5.11. The first-order valence-corrected chi connectivity index (χ1v) is 3.54. The summed E-state index contributed by atoms with van der Waals surface area (Å²) in [4.78, 5) is 0. The minimum Gasteiger partial charge on any atom is -0.490 e. The summed E-state index contributed by atoms with van der Waals surface area (Å²) < 4.78 is 5.29. The van der Waals surface area contributed by atoms with Gasteiger partial charge in [-0.05, 0) is 26.8 Å². The van der Waals surface area contributed by atoms with Crippen LogP contribution in [-0.4, -0.2) is 6.10 Å². The van der Waals surface area contributed by atoms with E-state index >= 15 is 0 Å². The molecule has 0 bridgehead atoms. The fraction of sp³-hybridized carbons (Fsp3) is 0.444. The molecule has 2 nitrogen and oxygen atoms in total. The Balaban J connectivity index is 4.23. The first kappa shape index (κ1) is 9.77. The second kappa shape index (κ2) is 4.56. The summed E-state index contributed by atoms with van der Waals surface area (Å²) in [5, 5.41) is 8.48. The van der Waals surface area contributed by atoms with E-state index < -0.39 is 0 Å². The van der Waals surface area contributed by atoms with Crippen LogP contribution in [0.5, 0.6) is 0 Å². The quantitative estimate of drug-likeness (QED) is 0.352. The van der Waals surface area contributed by atoms with Crippen LogP contribution in [0, 0.1) is 11.3 Å². The third kappa shape index (κ3) is 3.47. The molecule has 0 radical (unpaired) electrons. The summed E-state index contributed by atoms with van der Waals surface area (Å²) in [6.45, 7) is 9.18. The number of rotatable bonds is 3. The van der Waals surface area contributed by atoms with Gasteiger partial charge in [0.2, 0.25) is 0 Å². The lowest BCUT2D eigenvalue weighted by molar-refractivity contribution is 0.155. The van der Waals surface area contributed by atoms with Gasteiger partial charge in [0.15, 0.2) is 0 Å². The van der Waals surface area contributed by atoms with Crippen LogP contribution in [0.15, 0.2) is 24.0 Å². The predicted octanol–water partition coefficient (Wildman–Crippen LogP) is 2.39.